The van der Waals surface area contributed by atoms with Crippen LogP contribution < -0.4 is 5.32 Å². The van der Waals surface area contributed by atoms with Crippen molar-refractivity contribution in [1.29, 1.82) is 0 Å². The third-order valence-electron chi connectivity index (χ3n) is 5.21. The van der Waals surface area contributed by atoms with Crippen LogP contribution in [0.4, 0.5) is 0 Å². The minimum Gasteiger partial charge on any atom is -0.373 e. The van der Waals surface area contributed by atoms with Crippen LogP contribution >= 0.6 is 0 Å². The summed E-state index contributed by atoms with van der Waals surface area (Å²) in [6, 6.07) is 7.82. The molecule has 0 unspecified atom stereocenters. The fraction of sp³-hybridized carbons (Fsp3) is 0.474. The maximum absolute atomic E-state index is 12.6. The highest BCUT2D eigenvalue weighted by Gasteiger charge is 2.33. The zero-order valence-electron chi connectivity index (χ0n) is 15.1. The molecule has 1 aromatic carbocycles. The molecule has 3 heterocycles. The molecule has 1 fully saturated rings. The first-order chi connectivity index (χ1) is 12.6. The van der Waals surface area contributed by atoms with Crippen LogP contribution in [-0.4, -0.2) is 53.4 Å². The number of rotatable bonds is 4. The lowest BCUT2D eigenvalue weighted by Gasteiger charge is -2.39. The number of carbonyl (C=O) groups excluding carboxylic acids is 1. The third-order valence-corrected chi connectivity index (χ3v) is 5.21. The summed E-state index contributed by atoms with van der Waals surface area (Å²) in [5, 5.41) is 7.30. The van der Waals surface area contributed by atoms with Gasteiger partial charge in [0.1, 0.15) is 0 Å². The molecule has 138 valence electrons. The maximum Gasteiger partial charge on any atom is 0.251 e. The number of benzene rings is 1. The van der Waals surface area contributed by atoms with E-state index >= 15 is 0 Å². The van der Waals surface area contributed by atoms with Crippen LogP contribution in [0.1, 0.15) is 33.2 Å². The van der Waals surface area contributed by atoms with Crippen LogP contribution in [0.25, 0.3) is 0 Å². The Hall–Kier alpha value is -2.22. The highest BCUT2D eigenvalue weighted by atomic mass is 16.5. The minimum atomic E-state index is -0.120. The van der Waals surface area contributed by atoms with Crippen LogP contribution in [0.3, 0.4) is 0 Å². The molecule has 7 nitrogen and oxygen atoms in total. The van der Waals surface area contributed by atoms with Crippen molar-refractivity contribution in [2.24, 2.45) is 7.05 Å². The van der Waals surface area contributed by atoms with E-state index in [1.165, 1.54) is 0 Å². The second-order valence-corrected chi connectivity index (χ2v) is 6.90. The van der Waals surface area contributed by atoms with Gasteiger partial charge in [0.05, 0.1) is 37.7 Å². The van der Waals surface area contributed by atoms with E-state index < -0.39 is 0 Å². The lowest BCUT2D eigenvalue weighted by Crippen LogP contribution is -2.48. The molecule has 1 aromatic heterocycles. The Kier molecular flexibility index (Phi) is 4.76. The van der Waals surface area contributed by atoms with Gasteiger partial charge in [0.2, 0.25) is 0 Å². The van der Waals surface area contributed by atoms with Crippen molar-refractivity contribution in [3.63, 3.8) is 0 Å². The second kappa shape index (κ2) is 7.19. The number of amides is 1. The number of hydrogen-bond donors (Lipinski definition) is 1. The number of ether oxygens (including phenoxy) is 2. The highest BCUT2D eigenvalue weighted by Crippen LogP contribution is 2.27. The SMILES string of the molecule is CN1CCO[C@@H](CNC(=O)c2ccc3c(c2)COC3)[C@@H]1c1ccnn1C. The zero-order chi connectivity index (χ0) is 18.1. The molecule has 0 radical (unpaired) electrons. The zero-order valence-corrected chi connectivity index (χ0v) is 15.1. The highest BCUT2D eigenvalue weighted by molar-refractivity contribution is 5.94. The van der Waals surface area contributed by atoms with Crippen LogP contribution in [-0.2, 0) is 29.7 Å². The van der Waals surface area contributed by atoms with Gasteiger partial charge in [-0.05, 0) is 36.4 Å². The van der Waals surface area contributed by atoms with E-state index in [0.717, 1.165) is 23.4 Å². The number of aromatic nitrogens is 2. The monoisotopic (exact) mass is 356 g/mol. The van der Waals surface area contributed by atoms with E-state index in [4.69, 9.17) is 9.47 Å². The van der Waals surface area contributed by atoms with Crippen molar-refractivity contribution < 1.29 is 14.3 Å². The van der Waals surface area contributed by atoms with Gasteiger partial charge in [0.25, 0.3) is 5.91 Å². The second-order valence-electron chi connectivity index (χ2n) is 6.90. The molecule has 2 atom stereocenters. The van der Waals surface area contributed by atoms with Gasteiger partial charge >= 0.3 is 0 Å². The number of nitrogens with one attached hydrogen (secondary N) is 1. The molecular formula is C19H24N4O3. The number of nitrogens with zero attached hydrogens (tertiary/aromatic N) is 3. The fourth-order valence-corrected chi connectivity index (χ4v) is 3.73. The molecule has 26 heavy (non-hydrogen) atoms. The smallest absolute Gasteiger partial charge is 0.251 e. The van der Waals surface area contributed by atoms with E-state index in [1.54, 1.807) is 6.20 Å². The predicted octanol–water partition coefficient (Wildman–Crippen LogP) is 1.25. The Morgan fingerprint density at radius 1 is 1.27 bits per heavy atom. The van der Waals surface area contributed by atoms with Crippen LogP contribution in [0.15, 0.2) is 30.5 Å². The molecule has 7 heteroatoms. The normalized spacial score (nSPS) is 23.0. The van der Waals surface area contributed by atoms with Gasteiger partial charge < -0.3 is 14.8 Å². The molecule has 2 aliphatic rings. The molecule has 2 aromatic rings. The molecule has 0 saturated carbocycles. The fourth-order valence-electron chi connectivity index (χ4n) is 3.73. The van der Waals surface area contributed by atoms with Crippen LogP contribution in [0.2, 0.25) is 0 Å². The third kappa shape index (κ3) is 3.25. The van der Waals surface area contributed by atoms with Crippen molar-refractivity contribution in [1.82, 2.24) is 20.0 Å². The number of carbonyl (C=O) groups is 1. The minimum absolute atomic E-state index is 0.0602. The summed E-state index contributed by atoms with van der Waals surface area (Å²) in [7, 11) is 4.01. The summed E-state index contributed by atoms with van der Waals surface area (Å²) in [5.74, 6) is -0.0831. The van der Waals surface area contributed by atoms with Gasteiger partial charge in [0, 0.05) is 31.9 Å². The van der Waals surface area contributed by atoms with Gasteiger partial charge in [-0.15, -0.1) is 0 Å². The number of likely N-dealkylation sites (N-methyl/N-ethyl adjacent to an activating group) is 1. The van der Waals surface area contributed by atoms with E-state index in [0.29, 0.717) is 31.9 Å². The molecule has 2 aliphatic heterocycles. The van der Waals surface area contributed by atoms with Crippen LogP contribution in [0.5, 0.6) is 0 Å². The van der Waals surface area contributed by atoms with E-state index in [2.05, 4.69) is 22.4 Å². The Balaban J connectivity index is 1.45. The topological polar surface area (TPSA) is 68.6 Å². The van der Waals surface area contributed by atoms with Crippen LogP contribution in [0, 0.1) is 0 Å². The molecular weight excluding hydrogens is 332 g/mol. The van der Waals surface area contributed by atoms with Gasteiger partial charge in [-0.3, -0.25) is 14.4 Å². The average molecular weight is 356 g/mol. The molecule has 4 rings (SSSR count). The lowest BCUT2D eigenvalue weighted by molar-refractivity contribution is -0.0629. The summed E-state index contributed by atoms with van der Waals surface area (Å²) < 4.78 is 13.3. The first kappa shape index (κ1) is 17.2. The van der Waals surface area contributed by atoms with E-state index in [1.807, 2.05) is 36.0 Å². The largest absolute Gasteiger partial charge is 0.373 e. The molecule has 1 saturated heterocycles. The Morgan fingerprint density at radius 2 is 2.12 bits per heavy atom. The van der Waals surface area contributed by atoms with Gasteiger partial charge in [-0.25, -0.2) is 0 Å². The first-order valence-corrected chi connectivity index (χ1v) is 8.91. The van der Waals surface area contributed by atoms with Crippen molar-refractivity contribution >= 4 is 5.91 Å². The number of hydrogen-bond acceptors (Lipinski definition) is 5. The maximum atomic E-state index is 12.6. The Labute approximate surface area is 152 Å². The van der Waals surface area contributed by atoms with Crippen molar-refractivity contribution in [2.45, 2.75) is 25.4 Å². The van der Waals surface area contributed by atoms with Gasteiger partial charge in [-0.1, -0.05) is 6.07 Å². The molecule has 1 amide bonds. The lowest BCUT2D eigenvalue weighted by atomic mass is 10.0. The van der Waals surface area contributed by atoms with Crippen molar-refractivity contribution in [3.8, 4) is 0 Å². The summed E-state index contributed by atoms with van der Waals surface area (Å²) in [6.07, 6.45) is 1.67. The summed E-state index contributed by atoms with van der Waals surface area (Å²) in [4.78, 5) is 14.8. The molecule has 0 spiro atoms. The summed E-state index contributed by atoms with van der Waals surface area (Å²) in [5.41, 5.74) is 4.01. The Morgan fingerprint density at radius 3 is 2.92 bits per heavy atom. The first-order valence-electron chi connectivity index (χ1n) is 8.91. The standard InChI is InChI=1S/C19H24N4O3/c1-22-7-8-26-17(18(22)16-5-6-21-23(16)2)10-20-19(24)13-3-4-14-11-25-12-15(14)9-13/h3-6,9,17-18H,7-8,10-12H2,1-2H3,(H,20,24)/t17-,18-/m0/s1. The Bertz CT molecular complexity index is 804. The number of fused-ring (bicyclic) bond motifs is 1. The van der Waals surface area contributed by atoms with E-state index in [9.17, 15) is 4.79 Å². The van der Waals surface area contributed by atoms with Gasteiger partial charge in [0.15, 0.2) is 0 Å². The summed E-state index contributed by atoms with van der Waals surface area (Å²) in [6.45, 7) is 3.17. The van der Waals surface area contributed by atoms with E-state index in [-0.39, 0.29) is 18.1 Å². The van der Waals surface area contributed by atoms with Crippen molar-refractivity contribution in [3.05, 3.63) is 52.8 Å². The average Bonchev–Trinajstić information content (AvgIpc) is 3.27. The number of morpholine rings is 1. The van der Waals surface area contributed by atoms with Gasteiger partial charge in [-0.2, -0.15) is 5.10 Å². The quantitative estimate of drug-likeness (QED) is 0.893. The molecule has 0 bridgehead atoms. The van der Waals surface area contributed by atoms with Crippen molar-refractivity contribution in [2.75, 3.05) is 26.7 Å². The summed E-state index contributed by atoms with van der Waals surface area (Å²) >= 11 is 0. The number of aryl methyl sites for hydroxylation is 1. The molecule has 0 aliphatic carbocycles. The molecule has 1 N–H and O–H groups in total. The predicted molar refractivity (Wildman–Crippen MR) is 95.6 cm³/mol.